The van der Waals surface area contributed by atoms with Gasteiger partial charge in [-0.15, -0.1) is 0 Å². The molecule has 0 saturated carbocycles. The number of hydrogen-bond donors (Lipinski definition) is 1. The van der Waals surface area contributed by atoms with Gasteiger partial charge in [0.15, 0.2) is 0 Å². The number of rotatable bonds is 3. The van der Waals surface area contributed by atoms with Crippen molar-refractivity contribution < 1.29 is 4.39 Å². The van der Waals surface area contributed by atoms with Crippen LogP contribution in [0.15, 0.2) is 48.7 Å². The molecule has 2 nitrogen and oxygen atoms in total. The molecule has 0 radical (unpaired) electrons. The van der Waals surface area contributed by atoms with Crippen molar-refractivity contribution >= 4 is 22.5 Å². The smallest absolute Gasteiger partial charge is 0.128 e. The van der Waals surface area contributed by atoms with E-state index in [0.29, 0.717) is 23.7 Å². The number of nitrogens with zero attached hydrogens (tertiary/aromatic N) is 1. The summed E-state index contributed by atoms with van der Waals surface area (Å²) in [5.41, 5.74) is 8.36. The van der Waals surface area contributed by atoms with Crippen LogP contribution in [0, 0.1) is 5.82 Å². The van der Waals surface area contributed by atoms with Gasteiger partial charge in [0, 0.05) is 28.8 Å². The highest BCUT2D eigenvalue weighted by atomic mass is 35.5. The Kier molecular flexibility index (Phi) is 3.47. The number of aromatic nitrogens is 1. The Hall–Kier alpha value is -1.84. The SMILES string of the molecule is NCc1ccc2c(ccn2Cc2cc(Cl)ccc2F)c1. The largest absolute Gasteiger partial charge is 0.343 e. The zero-order valence-corrected chi connectivity index (χ0v) is 11.6. The van der Waals surface area contributed by atoms with Gasteiger partial charge in [0.05, 0.1) is 6.54 Å². The molecule has 0 fully saturated rings. The molecular formula is C16H14ClFN2. The van der Waals surface area contributed by atoms with Crippen molar-refractivity contribution in [1.29, 1.82) is 0 Å². The first-order valence-electron chi connectivity index (χ1n) is 6.39. The summed E-state index contributed by atoms with van der Waals surface area (Å²) in [4.78, 5) is 0. The fraction of sp³-hybridized carbons (Fsp3) is 0.125. The molecule has 2 aromatic carbocycles. The highest BCUT2D eigenvalue weighted by Crippen LogP contribution is 2.21. The molecule has 0 bridgehead atoms. The summed E-state index contributed by atoms with van der Waals surface area (Å²) in [6.07, 6.45) is 1.95. The van der Waals surface area contributed by atoms with Crippen molar-refractivity contribution in [2.24, 2.45) is 5.73 Å². The monoisotopic (exact) mass is 288 g/mol. The minimum atomic E-state index is -0.241. The molecule has 0 saturated heterocycles. The molecule has 20 heavy (non-hydrogen) atoms. The average Bonchev–Trinajstić information content (AvgIpc) is 2.85. The van der Waals surface area contributed by atoms with Crippen molar-refractivity contribution in [2.75, 3.05) is 0 Å². The zero-order valence-electron chi connectivity index (χ0n) is 10.8. The van der Waals surface area contributed by atoms with Gasteiger partial charge < -0.3 is 10.3 Å². The van der Waals surface area contributed by atoms with E-state index >= 15 is 0 Å². The Labute approximate surface area is 121 Å². The standard InChI is InChI=1S/C16H14ClFN2/c17-14-2-3-15(18)13(8-14)10-20-6-5-12-7-11(9-19)1-4-16(12)20/h1-8H,9-10,19H2. The Balaban J connectivity index is 2.00. The first kappa shape index (κ1) is 13.2. The summed E-state index contributed by atoms with van der Waals surface area (Å²) >= 11 is 5.92. The second-order valence-corrected chi connectivity index (χ2v) is 5.21. The lowest BCUT2D eigenvalue weighted by molar-refractivity contribution is 0.602. The van der Waals surface area contributed by atoms with Crippen LogP contribution in [0.4, 0.5) is 4.39 Å². The molecule has 0 aliphatic rings. The second kappa shape index (κ2) is 5.27. The molecule has 1 heterocycles. The van der Waals surface area contributed by atoms with E-state index in [0.717, 1.165) is 16.5 Å². The topological polar surface area (TPSA) is 30.9 Å². The van der Waals surface area contributed by atoms with Crippen molar-refractivity contribution in [3.63, 3.8) is 0 Å². The Morgan fingerprint density at radius 3 is 2.75 bits per heavy atom. The molecular weight excluding hydrogens is 275 g/mol. The maximum Gasteiger partial charge on any atom is 0.128 e. The van der Waals surface area contributed by atoms with Gasteiger partial charge in [-0.05, 0) is 47.3 Å². The third-order valence-corrected chi connectivity index (χ3v) is 3.65. The van der Waals surface area contributed by atoms with Crippen LogP contribution in [0.2, 0.25) is 5.02 Å². The number of halogens is 2. The summed E-state index contributed by atoms with van der Waals surface area (Å²) < 4.78 is 15.8. The molecule has 102 valence electrons. The molecule has 4 heteroatoms. The van der Waals surface area contributed by atoms with Crippen molar-refractivity contribution in [1.82, 2.24) is 4.57 Å². The van der Waals surface area contributed by atoms with Gasteiger partial charge in [-0.25, -0.2) is 4.39 Å². The molecule has 0 amide bonds. The van der Waals surface area contributed by atoms with Crippen LogP contribution in [0.3, 0.4) is 0 Å². The molecule has 3 aromatic rings. The van der Waals surface area contributed by atoms with Gasteiger partial charge in [-0.2, -0.15) is 0 Å². The fourth-order valence-electron chi connectivity index (χ4n) is 2.36. The summed E-state index contributed by atoms with van der Waals surface area (Å²) in [5, 5.41) is 1.65. The van der Waals surface area contributed by atoms with Crippen LogP contribution in [0.5, 0.6) is 0 Å². The first-order chi connectivity index (χ1) is 9.67. The predicted molar refractivity (Wildman–Crippen MR) is 80.3 cm³/mol. The average molecular weight is 289 g/mol. The van der Waals surface area contributed by atoms with Gasteiger partial charge in [-0.3, -0.25) is 0 Å². The van der Waals surface area contributed by atoms with Gasteiger partial charge in [-0.1, -0.05) is 17.7 Å². The van der Waals surface area contributed by atoms with E-state index in [4.69, 9.17) is 17.3 Å². The second-order valence-electron chi connectivity index (χ2n) is 4.78. The molecule has 0 aliphatic carbocycles. The number of nitrogens with two attached hydrogens (primary N) is 1. The predicted octanol–water partition coefficient (Wildman–Crippen LogP) is 3.94. The van der Waals surface area contributed by atoms with Crippen LogP contribution >= 0.6 is 11.6 Å². The molecule has 0 spiro atoms. The van der Waals surface area contributed by atoms with Gasteiger partial charge in [0.1, 0.15) is 5.82 Å². The van der Waals surface area contributed by atoms with Gasteiger partial charge in [0.2, 0.25) is 0 Å². The fourth-order valence-corrected chi connectivity index (χ4v) is 2.56. The maximum atomic E-state index is 13.8. The summed E-state index contributed by atoms with van der Waals surface area (Å²) in [6.45, 7) is 0.974. The van der Waals surface area contributed by atoms with E-state index in [-0.39, 0.29) is 5.82 Å². The van der Waals surface area contributed by atoms with E-state index in [2.05, 4.69) is 6.07 Å². The molecule has 0 unspecified atom stereocenters. The molecule has 0 aliphatic heterocycles. The summed E-state index contributed by atoms with van der Waals surface area (Å²) in [7, 11) is 0. The van der Waals surface area contributed by atoms with Crippen LogP contribution in [0.1, 0.15) is 11.1 Å². The molecule has 1 aromatic heterocycles. The van der Waals surface area contributed by atoms with Crippen LogP contribution in [0.25, 0.3) is 10.9 Å². The Morgan fingerprint density at radius 1 is 1.10 bits per heavy atom. The molecule has 3 rings (SSSR count). The van der Waals surface area contributed by atoms with Gasteiger partial charge in [0.25, 0.3) is 0 Å². The minimum absolute atomic E-state index is 0.241. The maximum absolute atomic E-state index is 13.8. The Bertz CT molecular complexity index is 764. The van der Waals surface area contributed by atoms with Crippen molar-refractivity contribution in [3.05, 3.63) is 70.6 Å². The van der Waals surface area contributed by atoms with E-state index in [1.807, 2.05) is 29.0 Å². The van der Waals surface area contributed by atoms with Gasteiger partial charge >= 0.3 is 0 Å². The third kappa shape index (κ3) is 2.42. The highest BCUT2D eigenvalue weighted by molar-refractivity contribution is 6.30. The molecule has 2 N–H and O–H groups in total. The van der Waals surface area contributed by atoms with E-state index in [1.54, 1.807) is 12.1 Å². The van der Waals surface area contributed by atoms with Crippen molar-refractivity contribution in [2.45, 2.75) is 13.1 Å². The lowest BCUT2D eigenvalue weighted by atomic mass is 10.1. The third-order valence-electron chi connectivity index (χ3n) is 3.42. The van der Waals surface area contributed by atoms with Crippen molar-refractivity contribution in [3.8, 4) is 0 Å². The highest BCUT2D eigenvalue weighted by Gasteiger charge is 2.07. The lowest BCUT2D eigenvalue weighted by Gasteiger charge is -2.08. The Morgan fingerprint density at radius 2 is 1.95 bits per heavy atom. The van der Waals surface area contributed by atoms with Crippen LogP contribution in [-0.2, 0) is 13.1 Å². The quantitative estimate of drug-likeness (QED) is 0.777. The number of benzene rings is 2. The van der Waals surface area contributed by atoms with Crippen LogP contribution in [-0.4, -0.2) is 4.57 Å². The summed E-state index contributed by atoms with van der Waals surface area (Å²) in [6, 6.07) is 12.7. The molecule has 0 atom stereocenters. The number of hydrogen-bond acceptors (Lipinski definition) is 1. The van der Waals surface area contributed by atoms with E-state index in [1.165, 1.54) is 6.07 Å². The number of fused-ring (bicyclic) bond motifs is 1. The first-order valence-corrected chi connectivity index (χ1v) is 6.77. The lowest BCUT2D eigenvalue weighted by Crippen LogP contribution is -2.01. The normalized spacial score (nSPS) is 11.2. The zero-order chi connectivity index (χ0) is 14.1. The summed E-state index contributed by atoms with van der Waals surface area (Å²) in [5.74, 6) is -0.241. The van der Waals surface area contributed by atoms with E-state index in [9.17, 15) is 4.39 Å². The van der Waals surface area contributed by atoms with E-state index < -0.39 is 0 Å². The minimum Gasteiger partial charge on any atom is -0.343 e. The van der Waals surface area contributed by atoms with Crippen LogP contribution < -0.4 is 5.73 Å².